The van der Waals surface area contributed by atoms with Gasteiger partial charge in [0.15, 0.2) is 0 Å². The summed E-state index contributed by atoms with van der Waals surface area (Å²) >= 11 is 0. The Kier molecular flexibility index (Phi) is 3.41. The molecule has 5 heteroatoms. The summed E-state index contributed by atoms with van der Waals surface area (Å²) in [5.41, 5.74) is 1.15. The largest absolute Gasteiger partial charge is 0.493 e. The second kappa shape index (κ2) is 5.36. The van der Waals surface area contributed by atoms with Crippen LogP contribution in [0, 0.1) is 0 Å². The first-order chi connectivity index (χ1) is 9.83. The summed E-state index contributed by atoms with van der Waals surface area (Å²) in [6.07, 6.45) is 3.68. The number of benzene rings is 1. The minimum Gasteiger partial charge on any atom is -0.493 e. The Morgan fingerprint density at radius 3 is 2.90 bits per heavy atom. The van der Waals surface area contributed by atoms with Crippen LogP contribution in [0.1, 0.15) is 19.7 Å². The van der Waals surface area contributed by atoms with Crippen molar-refractivity contribution in [3.63, 3.8) is 0 Å². The van der Waals surface area contributed by atoms with Crippen LogP contribution in [0.25, 0.3) is 10.9 Å². The zero-order chi connectivity index (χ0) is 13.9. The fourth-order valence-corrected chi connectivity index (χ4v) is 2.44. The fourth-order valence-electron chi connectivity index (χ4n) is 2.44. The normalized spacial score (nSPS) is 11.1. The topological polar surface area (TPSA) is 44.9 Å². The Morgan fingerprint density at radius 1 is 1.20 bits per heavy atom. The molecule has 1 aromatic carbocycles. The van der Waals surface area contributed by atoms with E-state index in [0.29, 0.717) is 13.2 Å². The number of aryl methyl sites for hydroxylation is 1. The quantitative estimate of drug-likeness (QED) is 0.716. The maximum atomic E-state index is 5.67. The van der Waals surface area contributed by atoms with E-state index in [1.165, 1.54) is 0 Å². The monoisotopic (exact) mass is 270 g/mol. The van der Waals surface area contributed by atoms with Gasteiger partial charge in [0.1, 0.15) is 17.9 Å². The molecule has 0 bridgehead atoms. The van der Waals surface area contributed by atoms with Crippen molar-refractivity contribution in [2.45, 2.75) is 26.9 Å². The van der Waals surface area contributed by atoms with Crippen LogP contribution >= 0.6 is 0 Å². The molecule has 0 radical (unpaired) electrons. The molecule has 0 saturated heterocycles. The number of rotatable bonds is 5. The van der Waals surface area contributed by atoms with Crippen molar-refractivity contribution < 1.29 is 4.74 Å². The summed E-state index contributed by atoms with van der Waals surface area (Å²) < 4.78 is 9.76. The molecule has 2 heterocycles. The molecule has 0 fully saturated rings. The number of ether oxygens (including phenoxy) is 1. The lowest BCUT2D eigenvalue weighted by atomic mass is 10.2. The maximum absolute atomic E-state index is 5.67. The number of nitrogens with zero attached hydrogens (tertiary/aromatic N) is 4. The molecule has 2 aromatic heterocycles. The third-order valence-corrected chi connectivity index (χ3v) is 3.38. The van der Waals surface area contributed by atoms with Crippen molar-refractivity contribution in [2.75, 3.05) is 6.61 Å². The summed E-state index contributed by atoms with van der Waals surface area (Å²) in [7, 11) is 0. The number of aromatic nitrogens is 4. The van der Waals surface area contributed by atoms with E-state index in [4.69, 9.17) is 4.74 Å². The lowest BCUT2D eigenvalue weighted by Crippen LogP contribution is -2.08. The zero-order valence-electron chi connectivity index (χ0n) is 11.8. The van der Waals surface area contributed by atoms with Gasteiger partial charge >= 0.3 is 0 Å². The van der Waals surface area contributed by atoms with E-state index < -0.39 is 0 Å². The highest BCUT2D eigenvalue weighted by Crippen LogP contribution is 2.26. The summed E-state index contributed by atoms with van der Waals surface area (Å²) in [5, 5.41) is 5.35. The van der Waals surface area contributed by atoms with E-state index in [1.54, 1.807) is 6.33 Å². The summed E-state index contributed by atoms with van der Waals surface area (Å²) in [5.74, 6) is 1.90. The van der Waals surface area contributed by atoms with E-state index in [9.17, 15) is 0 Å². The molecule has 0 amide bonds. The first kappa shape index (κ1) is 12.7. The molecule has 0 N–H and O–H groups in total. The average Bonchev–Trinajstić information content (AvgIpc) is 3.07. The van der Waals surface area contributed by atoms with Crippen LogP contribution in [0.3, 0.4) is 0 Å². The predicted molar refractivity (Wildman–Crippen MR) is 77.9 cm³/mol. The fraction of sp³-hybridized carbons (Fsp3) is 0.333. The van der Waals surface area contributed by atoms with Crippen molar-refractivity contribution in [1.29, 1.82) is 0 Å². The second-order valence-electron chi connectivity index (χ2n) is 4.56. The SMILES string of the molecule is CCOc1cccc2c1ccn2Cc1ncnn1CC. The molecule has 0 saturated carbocycles. The Bertz CT molecular complexity index is 714. The van der Waals surface area contributed by atoms with Crippen LogP contribution in [-0.2, 0) is 13.1 Å². The van der Waals surface area contributed by atoms with Gasteiger partial charge in [-0.2, -0.15) is 5.10 Å². The number of fused-ring (bicyclic) bond motifs is 1. The minimum atomic E-state index is 0.675. The Balaban J connectivity index is 1.99. The van der Waals surface area contributed by atoms with Crippen molar-refractivity contribution in [2.24, 2.45) is 0 Å². The van der Waals surface area contributed by atoms with Crippen molar-refractivity contribution in [1.82, 2.24) is 19.3 Å². The Morgan fingerprint density at radius 2 is 2.10 bits per heavy atom. The van der Waals surface area contributed by atoms with E-state index in [-0.39, 0.29) is 0 Å². The molecule has 0 atom stereocenters. The molecular formula is C15H18N4O. The van der Waals surface area contributed by atoms with Gasteiger partial charge in [-0.3, -0.25) is 0 Å². The zero-order valence-corrected chi connectivity index (χ0v) is 11.8. The highest BCUT2D eigenvalue weighted by molar-refractivity contribution is 5.86. The predicted octanol–water partition coefficient (Wildman–Crippen LogP) is 2.70. The summed E-state index contributed by atoms with van der Waals surface area (Å²) in [6.45, 7) is 6.29. The van der Waals surface area contributed by atoms with Gasteiger partial charge in [-0.25, -0.2) is 9.67 Å². The molecule has 104 valence electrons. The van der Waals surface area contributed by atoms with Crippen molar-refractivity contribution in [3.8, 4) is 5.75 Å². The van der Waals surface area contributed by atoms with Gasteiger partial charge in [0.25, 0.3) is 0 Å². The smallest absolute Gasteiger partial charge is 0.146 e. The van der Waals surface area contributed by atoms with Crippen LogP contribution in [0.2, 0.25) is 0 Å². The van der Waals surface area contributed by atoms with Gasteiger partial charge in [0.05, 0.1) is 18.7 Å². The third kappa shape index (κ3) is 2.15. The molecule has 0 spiro atoms. The maximum Gasteiger partial charge on any atom is 0.146 e. The summed E-state index contributed by atoms with van der Waals surface area (Å²) in [4.78, 5) is 4.33. The molecule has 3 aromatic rings. The molecular weight excluding hydrogens is 252 g/mol. The first-order valence-electron chi connectivity index (χ1n) is 6.90. The molecule has 0 unspecified atom stereocenters. The van der Waals surface area contributed by atoms with E-state index in [2.05, 4.69) is 39.9 Å². The molecule has 0 aliphatic carbocycles. The molecule has 3 rings (SSSR count). The van der Waals surface area contributed by atoms with E-state index in [1.807, 2.05) is 23.7 Å². The number of hydrogen-bond donors (Lipinski definition) is 0. The number of hydrogen-bond acceptors (Lipinski definition) is 3. The van der Waals surface area contributed by atoms with Crippen LogP contribution in [0.15, 0.2) is 36.8 Å². The van der Waals surface area contributed by atoms with Crippen LogP contribution in [-0.4, -0.2) is 25.9 Å². The standard InChI is InChI=1S/C15H18N4O/c1-3-19-15(16-11-17-19)10-18-9-8-12-13(18)6-5-7-14(12)20-4-2/h5-9,11H,3-4,10H2,1-2H3. The van der Waals surface area contributed by atoms with Crippen LogP contribution in [0.4, 0.5) is 0 Å². The van der Waals surface area contributed by atoms with Gasteiger partial charge in [-0.1, -0.05) is 6.07 Å². The third-order valence-electron chi connectivity index (χ3n) is 3.38. The lowest BCUT2D eigenvalue weighted by Gasteiger charge is -2.08. The Hall–Kier alpha value is -2.30. The van der Waals surface area contributed by atoms with Gasteiger partial charge in [0.2, 0.25) is 0 Å². The molecule has 5 nitrogen and oxygen atoms in total. The van der Waals surface area contributed by atoms with Gasteiger partial charge < -0.3 is 9.30 Å². The van der Waals surface area contributed by atoms with Crippen LogP contribution < -0.4 is 4.74 Å². The first-order valence-corrected chi connectivity index (χ1v) is 6.90. The minimum absolute atomic E-state index is 0.675. The second-order valence-corrected chi connectivity index (χ2v) is 4.56. The molecule has 0 aliphatic rings. The van der Waals surface area contributed by atoms with E-state index in [0.717, 1.165) is 29.0 Å². The Labute approximate surface area is 117 Å². The average molecular weight is 270 g/mol. The highest BCUT2D eigenvalue weighted by Gasteiger charge is 2.09. The summed E-state index contributed by atoms with van der Waals surface area (Å²) in [6, 6.07) is 8.22. The highest BCUT2D eigenvalue weighted by atomic mass is 16.5. The van der Waals surface area contributed by atoms with Crippen molar-refractivity contribution >= 4 is 10.9 Å². The van der Waals surface area contributed by atoms with Gasteiger partial charge in [-0.05, 0) is 32.0 Å². The van der Waals surface area contributed by atoms with E-state index >= 15 is 0 Å². The lowest BCUT2D eigenvalue weighted by molar-refractivity contribution is 0.344. The van der Waals surface area contributed by atoms with Gasteiger partial charge in [-0.15, -0.1) is 0 Å². The van der Waals surface area contributed by atoms with Crippen LogP contribution in [0.5, 0.6) is 5.75 Å². The molecule has 20 heavy (non-hydrogen) atoms. The van der Waals surface area contributed by atoms with Gasteiger partial charge in [0, 0.05) is 18.1 Å². The molecule has 0 aliphatic heterocycles. The van der Waals surface area contributed by atoms with Crippen molar-refractivity contribution in [3.05, 3.63) is 42.6 Å².